The fourth-order valence-corrected chi connectivity index (χ4v) is 3.74. The van der Waals surface area contributed by atoms with Gasteiger partial charge in [0.15, 0.2) is 0 Å². The fourth-order valence-electron chi connectivity index (χ4n) is 3.74. The zero-order chi connectivity index (χ0) is 16.8. The lowest BCUT2D eigenvalue weighted by atomic mass is 9.66. The van der Waals surface area contributed by atoms with Gasteiger partial charge in [0, 0.05) is 0 Å². The van der Waals surface area contributed by atoms with Gasteiger partial charge < -0.3 is 5.11 Å². The van der Waals surface area contributed by atoms with E-state index in [9.17, 15) is 9.90 Å². The molecule has 0 aliphatic rings. The van der Waals surface area contributed by atoms with Crippen molar-refractivity contribution in [1.82, 2.24) is 0 Å². The minimum atomic E-state index is -0.543. The summed E-state index contributed by atoms with van der Waals surface area (Å²) in [4.78, 5) is 12.1. The minimum Gasteiger partial charge on any atom is -0.481 e. The largest absolute Gasteiger partial charge is 0.481 e. The first-order valence-corrected chi connectivity index (χ1v) is 9.82. The third-order valence-corrected chi connectivity index (χ3v) is 5.38. The van der Waals surface area contributed by atoms with Gasteiger partial charge in [0.2, 0.25) is 0 Å². The molecule has 0 rings (SSSR count). The fraction of sp³-hybridized carbons (Fsp3) is 0.950. The van der Waals surface area contributed by atoms with Crippen LogP contribution in [0.25, 0.3) is 0 Å². The van der Waals surface area contributed by atoms with Crippen LogP contribution in [-0.2, 0) is 4.79 Å². The van der Waals surface area contributed by atoms with Crippen LogP contribution in [0, 0.1) is 11.3 Å². The predicted molar refractivity (Wildman–Crippen MR) is 96.3 cm³/mol. The molecular formula is C20H40O2. The van der Waals surface area contributed by atoms with Gasteiger partial charge in [-0.1, -0.05) is 85.5 Å². The number of hydrogen-bond donors (Lipinski definition) is 1. The van der Waals surface area contributed by atoms with Crippen molar-refractivity contribution in [2.24, 2.45) is 11.3 Å². The van der Waals surface area contributed by atoms with Crippen molar-refractivity contribution < 1.29 is 9.90 Å². The van der Waals surface area contributed by atoms with Crippen molar-refractivity contribution in [3.63, 3.8) is 0 Å². The molecule has 0 aliphatic heterocycles. The van der Waals surface area contributed by atoms with Crippen molar-refractivity contribution in [2.45, 2.75) is 111 Å². The summed E-state index contributed by atoms with van der Waals surface area (Å²) in [6, 6.07) is 0. The summed E-state index contributed by atoms with van der Waals surface area (Å²) in [5.74, 6) is -0.179. The first-order valence-electron chi connectivity index (χ1n) is 9.82. The van der Waals surface area contributed by atoms with E-state index < -0.39 is 11.4 Å². The maximum atomic E-state index is 12.1. The maximum absolute atomic E-state index is 12.1. The number of carboxylic acid groups (broad SMARTS) is 1. The number of carboxylic acids is 1. The molecule has 132 valence electrons. The van der Waals surface area contributed by atoms with Gasteiger partial charge in [0.1, 0.15) is 0 Å². The standard InChI is InChI=1S/C20H40O2/c1-5-9-12-13-14-16-18(15-10-6-2)20(8-4,19(21)22)17-11-7-3/h18H,5-17H2,1-4H3,(H,21,22). The van der Waals surface area contributed by atoms with E-state index >= 15 is 0 Å². The summed E-state index contributed by atoms with van der Waals surface area (Å²) in [7, 11) is 0. The van der Waals surface area contributed by atoms with Gasteiger partial charge in [-0.2, -0.15) is 0 Å². The first kappa shape index (κ1) is 21.5. The smallest absolute Gasteiger partial charge is 0.309 e. The van der Waals surface area contributed by atoms with E-state index in [0.29, 0.717) is 5.92 Å². The molecule has 0 fully saturated rings. The highest BCUT2D eigenvalue weighted by molar-refractivity contribution is 5.75. The molecule has 0 aromatic carbocycles. The molecule has 0 aliphatic carbocycles. The zero-order valence-electron chi connectivity index (χ0n) is 15.6. The van der Waals surface area contributed by atoms with Gasteiger partial charge in [-0.05, 0) is 31.6 Å². The van der Waals surface area contributed by atoms with Crippen molar-refractivity contribution in [3.8, 4) is 0 Å². The van der Waals surface area contributed by atoms with E-state index in [1.165, 1.54) is 44.9 Å². The van der Waals surface area contributed by atoms with Crippen molar-refractivity contribution in [3.05, 3.63) is 0 Å². The Morgan fingerprint density at radius 2 is 1.36 bits per heavy atom. The van der Waals surface area contributed by atoms with Crippen molar-refractivity contribution in [2.75, 3.05) is 0 Å². The van der Waals surface area contributed by atoms with E-state index in [-0.39, 0.29) is 0 Å². The maximum Gasteiger partial charge on any atom is 0.309 e. The number of rotatable bonds is 15. The second-order valence-electron chi connectivity index (χ2n) is 6.96. The van der Waals surface area contributed by atoms with Gasteiger partial charge in [0.25, 0.3) is 0 Å². The molecule has 0 saturated heterocycles. The van der Waals surface area contributed by atoms with Crippen LogP contribution in [0.1, 0.15) is 111 Å². The molecule has 2 unspecified atom stereocenters. The molecule has 2 atom stereocenters. The van der Waals surface area contributed by atoms with Crippen LogP contribution < -0.4 is 0 Å². The number of hydrogen-bond acceptors (Lipinski definition) is 1. The zero-order valence-corrected chi connectivity index (χ0v) is 15.6. The van der Waals surface area contributed by atoms with E-state index in [0.717, 1.165) is 38.5 Å². The van der Waals surface area contributed by atoms with Crippen LogP contribution >= 0.6 is 0 Å². The Balaban J connectivity index is 4.83. The second-order valence-corrected chi connectivity index (χ2v) is 6.96. The lowest BCUT2D eigenvalue weighted by Crippen LogP contribution is -2.38. The minimum absolute atomic E-state index is 0.364. The number of unbranched alkanes of at least 4 members (excludes halogenated alkanes) is 6. The monoisotopic (exact) mass is 312 g/mol. The Bertz CT molecular complexity index is 275. The van der Waals surface area contributed by atoms with Gasteiger partial charge in [0.05, 0.1) is 5.41 Å². The molecule has 0 saturated carbocycles. The molecule has 0 bridgehead atoms. The molecule has 0 amide bonds. The molecule has 0 heterocycles. The van der Waals surface area contributed by atoms with Crippen LogP contribution in [0.3, 0.4) is 0 Å². The summed E-state index contributed by atoms with van der Waals surface area (Å²) < 4.78 is 0. The van der Waals surface area contributed by atoms with Gasteiger partial charge in [-0.25, -0.2) is 0 Å². The molecule has 22 heavy (non-hydrogen) atoms. The number of carbonyl (C=O) groups is 1. The SMILES string of the molecule is CCCCCCCC(CCCC)C(CC)(CCCC)C(=O)O. The van der Waals surface area contributed by atoms with E-state index in [2.05, 4.69) is 27.7 Å². The highest BCUT2D eigenvalue weighted by atomic mass is 16.4. The molecule has 0 aromatic heterocycles. The highest BCUT2D eigenvalue weighted by Crippen LogP contribution is 2.43. The third-order valence-electron chi connectivity index (χ3n) is 5.38. The Morgan fingerprint density at radius 3 is 1.86 bits per heavy atom. The lowest BCUT2D eigenvalue weighted by Gasteiger charge is -2.37. The highest BCUT2D eigenvalue weighted by Gasteiger charge is 2.42. The Labute approximate surface area is 139 Å². The molecule has 0 radical (unpaired) electrons. The second kappa shape index (κ2) is 13.0. The van der Waals surface area contributed by atoms with E-state index in [4.69, 9.17) is 0 Å². The molecule has 2 heteroatoms. The predicted octanol–water partition coefficient (Wildman–Crippen LogP) is 6.82. The van der Waals surface area contributed by atoms with Gasteiger partial charge in [-0.15, -0.1) is 0 Å². The molecule has 2 nitrogen and oxygen atoms in total. The normalized spacial score (nSPS) is 15.5. The first-order chi connectivity index (χ1) is 10.6. The summed E-state index contributed by atoms with van der Waals surface area (Å²) in [6.07, 6.45) is 14.7. The molecule has 0 aromatic rings. The summed E-state index contributed by atoms with van der Waals surface area (Å²) in [5.41, 5.74) is -0.476. The van der Waals surface area contributed by atoms with E-state index in [1.807, 2.05) is 0 Å². The van der Waals surface area contributed by atoms with Crippen molar-refractivity contribution >= 4 is 5.97 Å². The topological polar surface area (TPSA) is 37.3 Å². The molecule has 1 N–H and O–H groups in total. The molecular weight excluding hydrogens is 272 g/mol. The van der Waals surface area contributed by atoms with Crippen LogP contribution in [0.15, 0.2) is 0 Å². The summed E-state index contributed by atoms with van der Waals surface area (Å²) >= 11 is 0. The third kappa shape index (κ3) is 7.15. The Kier molecular flexibility index (Phi) is 12.6. The number of aliphatic carboxylic acids is 1. The van der Waals surface area contributed by atoms with Crippen LogP contribution in [-0.4, -0.2) is 11.1 Å². The van der Waals surface area contributed by atoms with Gasteiger partial charge in [-0.3, -0.25) is 4.79 Å². The Morgan fingerprint density at radius 1 is 0.818 bits per heavy atom. The lowest BCUT2D eigenvalue weighted by molar-refractivity contribution is -0.154. The summed E-state index contributed by atoms with van der Waals surface area (Å²) in [6.45, 7) is 8.69. The van der Waals surface area contributed by atoms with Gasteiger partial charge >= 0.3 is 5.97 Å². The quantitative estimate of drug-likeness (QED) is 0.337. The van der Waals surface area contributed by atoms with Crippen LogP contribution in [0.5, 0.6) is 0 Å². The van der Waals surface area contributed by atoms with Crippen molar-refractivity contribution in [1.29, 1.82) is 0 Å². The van der Waals surface area contributed by atoms with Crippen LogP contribution in [0.4, 0.5) is 0 Å². The van der Waals surface area contributed by atoms with E-state index in [1.54, 1.807) is 0 Å². The average Bonchev–Trinajstić information content (AvgIpc) is 2.51. The molecule has 0 spiro atoms. The summed E-state index contributed by atoms with van der Waals surface area (Å²) in [5, 5.41) is 9.96. The Hall–Kier alpha value is -0.530. The average molecular weight is 313 g/mol. The van der Waals surface area contributed by atoms with Crippen LogP contribution in [0.2, 0.25) is 0 Å².